The Morgan fingerprint density at radius 1 is 1.39 bits per heavy atom. The molecule has 1 aliphatic heterocycles. The monoisotopic (exact) mass is 334 g/mol. The summed E-state index contributed by atoms with van der Waals surface area (Å²) in [5, 5.41) is 3.03. The molecule has 1 saturated carbocycles. The van der Waals surface area contributed by atoms with Crippen molar-refractivity contribution < 1.29 is 13.9 Å². The lowest BCUT2D eigenvalue weighted by Gasteiger charge is -2.38. The number of furan rings is 1. The summed E-state index contributed by atoms with van der Waals surface area (Å²) in [6.45, 7) is 4.03. The van der Waals surface area contributed by atoms with Crippen LogP contribution in [0.4, 0.5) is 0 Å². The number of rotatable bonds is 6. The van der Waals surface area contributed by atoms with E-state index in [0.717, 1.165) is 37.1 Å². The van der Waals surface area contributed by atoms with E-state index in [1.807, 2.05) is 23.7 Å². The quantitative estimate of drug-likeness (QED) is 0.813. The highest BCUT2D eigenvalue weighted by molar-refractivity contribution is 7.09. The van der Waals surface area contributed by atoms with Crippen LogP contribution in [0.15, 0.2) is 34.4 Å². The molecule has 4 rings (SSSR count). The summed E-state index contributed by atoms with van der Waals surface area (Å²) in [4.78, 5) is 6.77. The van der Waals surface area contributed by atoms with Crippen molar-refractivity contribution in [3.05, 3.63) is 40.7 Å². The highest BCUT2D eigenvalue weighted by Gasteiger charge is 2.42. The first kappa shape index (κ1) is 15.3. The highest BCUT2D eigenvalue weighted by Crippen LogP contribution is 2.35. The molecule has 0 N–H and O–H groups in total. The van der Waals surface area contributed by atoms with Crippen LogP contribution in [0.5, 0.6) is 0 Å². The van der Waals surface area contributed by atoms with Crippen molar-refractivity contribution in [1.29, 1.82) is 0 Å². The second kappa shape index (κ2) is 7.13. The van der Waals surface area contributed by atoms with Gasteiger partial charge in [0.2, 0.25) is 0 Å². The van der Waals surface area contributed by atoms with E-state index in [2.05, 4.69) is 9.88 Å². The fourth-order valence-corrected chi connectivity index (χ4v) is 4.29. The molecule has 0 radical (unpaired) electrons. The van der Waals surface area contributed by atoms with E-state index in [9.17, 15) is 0 Å². The lowest BCUT2D eigenvalue weighted by molar-refractivity contribution is -0.0904. The largest absolute Gasteiger partial charge is 0.468 e. The minimum Gasteiger partial charge on any atom is -0.468 e. The van der Waals surface area contributed by atoms with E-state index in [0.29, 0.717) is 18.6 Å². The minimum absolute atomic E-state index is 0.287. The first-order valence-electron chi connectivity index (χ1n) is 8.24. The van der Waals surface area contributed by atoms with Gasteiger partial charge in [0.25, 0.3) is 0 Å². The van der Waals surface area contributed by atoms with Crippen molar-refractivity contribution in [3.8, 4) is 0 Å². The minimum atomic E-state index is 0.287. The molecule has 2 aromatic heterocycles. The summed E-state index contributed by atoms with van der Waals surface area (Å²) in [6.07, 6.45) is 6.21. The zero-order chi connectivity index (χ0) is 15.5. The molecule has 1 aliphatic carbocycles. The molecular formula is C17H22N2O3S. The van der Waals surface area contributed by atoms with Crippen molar-refractivity contribution in [3.63, 3.8) is 0 Å². The Kier molecular flexibility index (Phi) is 4.75. The average molecular weight is 334 g/mol. The Labute approximate surface area is 140 Å². The SMILES string of the molecule is c1coc(CN2CCO[C@@H]3[C@@H](COCc4nccs4)CC[C@H]32)c1. The van der Waals surface area contributed by atoms with Gasteiger partial charge in [0.15, 0.2) is 0 Å². The molecular weight excluding hydrogens is 312 g/mol. The van der Waals surface area contributed by atoms with Crippen molar-refractivity contribution in [2.75, 3.05) is 19.8 Å². The smallest absolute Gasteiger partial charge is 0.118 e. The van der Waals surface area contributed by atoms with Crippen LogP contribution in [0.25, 0.3) is 0 Å². The summed E-state index contributed by atoms with van der Waals surface area (Å²) < 4.78 is 17.5. The number of nitrogens with zero attached hydrogens (tertiary/aromatic N) is 2. The van der Waals surface area contributed by atoms with Crippen LogP contribution >= 0.6 is 11.3 Å². The van der Waals surface area contributed by atoms with Crippen LogP contribution in [0.1, 0.15) is 23.6 Å². The van der Waals surface area contributed by atoms with E-state index in [1.54, 1.807) is 17.6 Å². The van der Waals surface area contributed by atoms with Gasteiger partial charge in [-0.1, -0.05) is 0 Å². The number of fused-ring (bicyclic) bond motifs is 1. The van der Waals surface area contributed by atoms with Crippen LogP contribution < -0.4 is 0 Å². The topological polar surface area (TPSA) is 47.7 Å². The Bertz CT molecular complexity index is 587. The molecule has 0 spiro atoms. The fraction of sp³-hybridized carbons (Fsp3) is 0.588. The van der Waals surface area contributed by atoms with Crippen LogP contribution in [0.3, 0.4) is 0 Å². The number of hydrogen-bond donors (Lipinski definition) is 0. The number of thiazole rings is 1. The van der Waals surface area contributed by atoms with E-state index >= 15 is 0 Å². The van der Waals surface area contributed by atoms with E-state index < -0.39 is 0 Å². The summed E-state index contributed by atoms with van der Waals surface area (Å²) in [6, 6.07) is 4.49. The molecule has 2 aromatic rings. The molecule has 5 nitrogen and oxygen atoms in total. The van der Waals surface area contributed by atoms with Gasteiger partial charge in [-0.25, -0.2) is 4.98 Å². The maximum atomic E-state index is 6.09. The molecule has 0 unspecified atom stereocenters. The van der Waals surface area contributed by atoms with E-state index in [4.69, 9.17) is 13.9 Å². The van der Waals surface area contributed by atoms with Crippen LogP contribution in [0, 0.1) is 5.92 Å². The first-order valence-corrected chi connectivity index (χ1v) is 9.12. The fourth-order valence-electron chi connectivity index (χ4n) is 3.74. The third-order valence-corrected chi connectivity index (χ3v) is 5.57. The molecule has 2 fully saturated rings. The van der Waals surface area contributed by atoms with Crippen molar-refractivity contribution in [1.82, 2.24) is 9.88 Å². The first-order chi connectivity index (χ1) is 11.4. The van der Waals surface area contributed by atoms with Crippen LogP contribution in [-0.2, 0) is 22.6 Å². The lowest BCUT2D eigenvalue weighted by Crippen LogP contribution is -2.50. The van der Waals surface area contributed by atoms with Gasteiger partial charge in [-0.2, -0.15) is 0 Å². The van der Waals surface area contributed by atoms with Gasteiger partial charge in [-0.3, -0.25) is 4.90 Å². The molecule has 0 amide bonds. The molecule has 23 heavy (non-hydrogen) atoms. The molecule has 0 bridgehead atoms. The zero-order valence-electron chi connectivity index (χ0n) is 13.1. The molecule has 124 valence electrons. The van der Waals surface area contributed by atoms with E-state index in [-0.39, 0.29) is 6.10 Å². The van der Waals surface area contributed by atoms with Gasteiger partial charge >= 0.3 is 0 Å². The Hall–Kier alpha value is -1.21. The Balaban J connectivity index is 1.31. The highest BCUT2D eigenvalue weighted by atomic mass is 32.1. The molecule has 1 saturated heterocycles. The molecule has 6 heteroatoms. The standard InChI is InChI=1S/C17H22N2O3S/c1-2-14(21-7-1)10-19-6-8-22-17-13(3-4-15(17)19)11-20-12-16-18-5-9-23-16/h1-2,5,7,9,13,15,17H,3-4,6,8,10-12H2/t13-,15-,17-/m1/s1. The van der Waals surface area contributed by atoms with Gasteiger partial charge in [0, 0.05) is 30.1 Å². The van der Waals surface area contributed by atoms with Gasteiger partial charge in [0.05, 0.1) is 38.7 Å². The second-order valence-corrected chi connectivity index (χ2v) is 7.21. The van der Waals surface area contributed by atoms with Gasteiger partial charge in [0.1, 0.15) is 10.8 Å². The molecule has 3 atom stereocenters. The van der Waals surface area contributed by atoms with Gasteiger partial charge in [-0.05, 0) is 25.0 Å². The van der Waals surface area contributed by atoms with Crippen molar-refractivity contribution in [2.45, 2.75) is 38.1 Å². The Morgan fingerprint density at radius 3 is 3.22 bits per heavy atom. The maximum absolute atomic E-state index is 6.09. The normalized spacial score (nSPS) is 28.1. The zero-order valence-corrected chi connectivity index (χ0v) is 13.9. The lowest BCUT2D eigenvalue weighted by atomic mass is 10.0. The van der Waals surface area contributed by atoms with Gasteiger partial charge < -0.3 is 13.9 Å². The van der Waals surface area contributed by atoms with E-state index in [1.165, 1.54) is 12.8 Å². The number of hydrogen-bond acceptors (Lipinski definition) is 6. The number of morpholine rings is 1. The van der Waals surface area contributed by atoms with Gasteiger partial charge in [-0.15, -0.1) is 11.3 Å². The average Bonchev–Trinajstić information content (AvgIpc) is 3.30. The third-order valence-electron chi connectivity index (χ3n) is 4.81. The number of aromatic nitrogens is 1. The predicted octanol–water partition coefficient (Wildman–Crippen LogP) is 2.93. The van der Waals surface area contributed by atoms with Crippen molar-refractivity contribution in [2.24, 2.45) is 5.92 Å². The second-order valence-electron chi connectivity index (χ2n) is 6.23. The molecule has 2 aliphatic rings. The predicted molar refractivity (Wildman–Crippen MR) is 87.1 cm³/mol. The summed E-state index contributed by atoms with van der Waals surface area (Å²) >= 11 is 1.64. The summed E-state index contributed by atoms with van der Waals surface area (Å²) in [7, 11) is 0. The third kappa shape index (κ3) is 3.50. The summed E-state index contributed by atoms with van der Waals surface area (Å²) in [5.41, 5.74) is 0. The number of ether oxygens (including phenoxy) is 2. The molecule has 3 heterocycles. The summed E-state index contributed by atoms with van der Waals surface area (Å²) in [5.74, 6) is 1.52. The maximum Gasteiger partial charge on any atom is 0.118 e. The Morgan fingerprint density at radius 2 is 2.39 bits per heavy atom. The molecule has 0 aromatic carbocycles. The van der Waals surface area contributed by atoms with Crippen molar-refractivity contribution >= 4 is 11.3 Å². The van der Waals surface area contributed by atoms with Crippen LogP contribution in [-0.4, -0.2) is 41.8 Å². The van der Waals surface area contributed by atoms with Crippen LogP contribution in [0.2, 0.25) is 0 Å².